The summed E-state index contributed by atoms with van der Waals surface area (Å²) in [4.78, 5) is 12.7. The van der Waals surface area contributed by atoms with Crippen LogP contribution in [0.25, 0.3) is 0 Å². The van der Waals surface area contributed by atoms with Crippen LogP contribution in [0.15, 0.2) is 24.3 Å². The number of benzene rings is 1. The lowest BCUT2D eigenvalue weighted by Gasteiger charge is -2.27. The van der Waals surface area contributed by atoms with Crippen LogP contribution in [-0.4, -0.2) is 23.7 Å². The van der Waals surface area contributed by atoms with Crippen molar-refractivity contribution >= 4 is 23.3 Å². The Morgan fingerprint density at radius 2 is 2.13 bits per heavy atom. The largest absolute Gasteiger partial charge is 0.480 e. The second-order valence-electron chi connectivity index (χ2n) is 3.25. The van der Waals surface area contributed by atoms with Crippen molar-refractivity contribution in [2.24, 2.45) is 0 Å². The topological polar surface area (TPSA) is 40.5 Å². The van der Waals surface area contributed by atoms with Gasteiger partial charge in [-0.2, -0.15) is 0 Å². The van der Waals surface area contributed by atoms with E-state index in [9.17, 15) is 4.79 Å². The number of halogens is 1. The van der Waals surface area contributed by atoms with E-state index >= 15 is 0 Å². The zero-order chi connectivity index (χ0) is 11.4. The quantitative estimate of drug-likeness (QED) is 0.860. The van der Waals surface area contributed by atoms with E-state index in [4.69, 9.17) is 16.7 Å². The molecule has 1 aromatic rings. The van der Waals surface area contributed by atoms with Crippen molar-refractivity contribution in [3.63, 3.8) is 0 Å². The average Bonchev–Trinajstić information content (AvgIpc) is 2.21. The molecule has 0 fully saturated rings. The third-order valence-electron chi connectivity index (χ3n) is 2.33. The fraction of sp³-hybridized carbons (Fsp3) is 0.364. The van der Waals surface area contributed by atoms with Crippen molar-refractivity contribution in [2.75, 3.05) is 11.4 Å². The van der Waals surface area contributed by atoms with Gasteiger partial charge in [0.15, 0.2) is 0 Å². The van der Waals surface area contributed by atoms with E-state index in [-0.39, 0.29) is 0 Å². The van der Waals surface area contributed by atoms with Gasteiger partial charge in [0.25, 0.3) is 0 Å². The van der Waals surface area contributed by atoms with Crippen molar-refractivity contribution in [1.82, 2.24) is 0 Å². The molecule has 0 bridgehead atoms. The summed E-state index contributed by atoms with van der Waals surface area (Å²) in [6, 6.07) is 6.68. The van der Waals surface area contributed by atoms with E-state index < -0.39 is 12.0 Å². The summed E-state index contributed by atoms with van der Waals surface area (Å²) >= 11 is 6.01. The standard InChI is InChI=1S/C11H14ClNO2/c1-3-13(8(2)11(14)15)10-7-5-4-6-9(10)12/h4-8H,3H2,1-2H3,(H,14,15). The highest BCUT2D eigenvalue weighted by Crippen LogP contribution is 2.26. The van der Waals surface area contributed by atoms with Crippen LogP contribution in [0, 0.1) is 0 Å². The number of rotatable bonds is 4. The molecule has 4 heteroatoms. The first-order valence-electron chi connectivity index (χ1n) is 4.82. The Morgan fingerprint density at radius 3 is 2.60 bits per heavy atom. The number of anilines is 1. The lowest BCUT2D eigenvalue weighted by molar-refractivity contribution is -0.138. The molecule has 1 aromatic carbocycles. The average molecular weight is 228 g/mol. The van der Waals surface area contributed by atoms with Crippen molar-refractivity contribution in [3.8, 4) is 0 Å². The smallest absolute Gasteiger partial charge is 0.326 e. The van der Waals surface area contributed by atoms with Crippen LogP contribution in [0.3, 0.4) is 0 Å². The van der Waals surface area contributed by atoms with Crippen LogP contribution in [0.5, 0.6) is 0 Å². The second-order valence-corrected chi connectivity index (χ2v) is 3.66. The monoisotopic (exact) mass is 227 g/mol. The van der Waals surface area contributed by atoms with E-state index in [1.807, 2.05) is 25.1 Å². The lowest BCUT2D eigenvalue weighted by atomic mass is 10.2. The maximum atomic E-state index is 10.9. The molecule has 0 radical (unpaired) electrons. The van der Waals surface area contributed by atoms with Gasteiger partial charge in [-0.1, -0.05) is 23.7 Å². The van der Waals surface area contributed by atoms with Gasteiger partial charge in [-0.05, 0) is 26.0 Å². The molecule has 0 saturated carbocycles. The summed E-state index contributed by atoms with van der Waals surface area (Å²) < 4.78 is 0. The number of nitrogens with zero attached hydrogens (tertiary/aromatic N) is 1. The van der Waals surface area contributed by atoms with Crippen LogP contribution in [0.1, 0.15) is 13.8 Å². The fourth-order valence-electron chi connectivity index (χ4n) is 1.47. The van der Waals surface area contributed by atoms with Gasteiger partial charge in [-0.3, -0.25) is 0 Å². The van der Waals surface area contributed by atoms with E-state index in [1.54, 1.807) is 17.9 Å². The number of likely N-dealkylation sites (N-methyl/N-ethyl adjacent to an activating group) is 1. The Morgan fingerprint density at radius 1 is 1.53 bits per heavy atom. The molecule has 0 amide bonds. The van der Waals surface area contributed by atoms with Crippen LogP contribution in [0.2, 0.25) is 5.02 Å². The summed E-state index contributed by atoms with van der Waals surface area (Å²) in [6.07, 6.45) is 0. The van der Waals surface area contributed by atoms with Crippen LogP contribution in [-0.2, 0) is 4.79 Å². The minimum absolute atomic E-state index is 0.574. The fourth-order valence-corrected chi connectivity index (χ4v) is 1.72. The molecular weight excluding hydrogens is 214 g/mol. The van der Waals surface area contributed by atoms with E-state index in [0.717, 1.165) is 5.69 Å². The molecule has 1 rings (SSSR count). The number of para-hydroxylation sites is 1. The minimum Gasteiger partial charge on any atom is -0.480 e. The maximum Gasteiger partial charge on any atom is 0.326 e. The van der Waals surface area contributed by atoms with Gasteiger partial charge >= 0.3 is 5.97 Å². The van der Waals surface area contributed by atoms with Gasteiger partial charge in [0.2, 0.25) is 0 Å². The van der Waals surface area contributed by atoms with Crippen molar-refractivity contribution < 1.29 is 9.90 Å². The van der Waals surface area contributed by atoms with Gasteiger partial charge in [0.05, 0.1) is 10.7 Å². The summed E-state index contributed by atoms with van der Waals surface area (Å²) in [6.45, 7) is 4.16. The maximum absolute atomic E-state index is 10.9. The Kier molecular flexibility index (Phi) is 3.97. The van der Waals surface area contributed by atoms with E-state index in [2.05, 4.69) is 0 Å². The second kappa shape index (κ2) is 5.03. The van der Waals surface area contributed by atoms with Gasteiger partial charge in [0, 0.05) is 6.54 Å². The van der Waals surface area contributed by atoms with Crippen LogP contribution < -0.4 is 4.90 Å². The number of aliphatic carboxylic acids is 1. The molecule has 0 heterocycles. The highest BCUT2D eigenvalue weighted by atomic mass is 35.5. The van der Waals surface area contributed by atoms with Gasteiger partial charge < -0.3 is 10.0 Å². The zero-order valence-corrected chi connectivity index (χ0v) is 9.53. The van der Waals surface area contributed by atoms with Crippen molar-refractivity contribution in [2.45, 2.75) is 19.9 Å². The predicted octanol–water partition coefficient (Wildman–Crippen LogP) is 2.64. The lowest BCUT2D eigenvalue weighted by Crippen LogP contribution is -2.39. The molecule has 0 spiro atoms. The number of carboxylic acid groups (broad SMARTS) is 1. The number of carboxylic acids is 1. The number of carbonyl (C=O) groups is 1. The summed E-state index contributed by atoms with van der Waals surface area (Å²) in [5.41, 5.74) is 0.761. The van der Waals surface area contributed by atoms with Crippen LogP contribution in [0.4, 0.5) is 5.69 Å². The summed E-state index contributed by atoms with van der Waals surface area (Å²) in [5, 5.41) is 9.53. The van der Waals surface area contributed by atoms with Crippen molar-refractivity contribution in [1.29, 1.82) is 0 Å². The van der Waals surface area contributed by atoms with E-state index in [1.165, 1.54) is 0 Å². The first-order valence-corrected chi connectivity index (χ1v) is 5.19. The van der Waals surface area contributed by atoms with Gasteiger partial charge in [-0.15, -0.1) is 0 Å². The molecule has 1 atom stereocenters. The van der Waals surface area contributed by atoms with Crippen LogP contribution >= 0.6 is 11.6 Å². The highest BCUT2D eigenvalue weighted by Gasteiger charge is 2.20. The van der Waals surface area contributed by atoms with E-state index in [0.29, 0.717) is 11.6 Å². The molecule has 15 heavy (non-hydrogen) atoms. The Bertz CT molecular complexity index is 354. The third-order valence-corrected chi connectivity index (χ3v) is 2.65. The SMILES string of the molecule is CCN(c1ccccc1Cl)C(C)C(=O)O. The number of hydrogen-bond acceptors (Lipinski definition) is 2. The Labute approximate surface area is 94.3 Å². The number of hydrogen-bond donors (Lipinski definition) is 1. The minimum atomic E-state index is -0.850. The summed E-state index contributed by atoms with van der Waals surface area (Å²) in [5.74, 6) is -0.850. The molecule has 0 aliphatic carbocycles. The first-order chi connectivity index (χ1) is 7.07. The molecule has 82 valence electrons. The highest BCUT2D eigenvalue weighted by molar-refractivity contribution is 6.33. The Hall–Kier alpha value is -1.22. The molecular formula is C11H14ClNO2. The molecule has 0 saturated heterocycles. The van der Waals surface area contributed by atoms with Gasteiger partial charge in [0.1, 0.15) is 6.04 Å². The normalized spacial score (nSPS) is 12.2. The van der Waals surface area contributed by atoms with Crippen molar-refractivity contribution in [3.05, 3.63) is 29.3 Å². The molecule has 3 nitrogen and oxygen atoms in total. The molecule has 0 aliphatic heterocycles. The predicted molar refractivity (Wildman–Crippen MR) is 61.6 cm³/mol. The molecule has 1 unspecified atom stereocenters. The zero-order valence-electron chi connectivity index (χ0n) is 8.77. The first kappa shape index (κ1) is 11.9. The summed E-state index contributed by atoms with van der Waals surface area (Å²) in [7, 11) is 0. The molecule has 0 aliphatic rings. The third kappa shape index (κ3) is 2.63. The molecule has 1 N–H and O–H groups in total. The Balaban J connectivity index is 3.02. The van der Waals surface area contributed by atoms with Gasteiger partial charge in [-0.25, -0.2) is 4.79 Å². The molecule has 0 aromatic heterocycles.